The number of halogens is 2. The highest BCUT2D eigenvalue weighted by atomic mass is 32.2. The fourth-order valence-electron chi connectivity index (χ4n) is 8.07. The molecule has 3 heterocycles. The van der Waals surface area contributed by atoms with Crippen LogP contribution < -0.4 is 10.6 Å². The Labute approximate surface area is 218 Å². The number of hydrogen-bond acceptors (Lipinski definition) is 4. The number of piperidine rings is 1. The Hall–Kier alpha value is -1.60. The molecule has 6 rings (SSSR count). The topological polar surface area (TPSA) is 44.4 Å². The second kappa shape index (κ2) is 9.94. The second-order valence-electron chi connectivity index (χ2n) is 11.8. The van der Waals surface area contributed by atoms with Crippen LogP contribution in [0.3, 0.4) is 0 Å². The molecule has 4 nitrogen and oxygen atoms in total. The standard InChI is InChI=1S/C29H39F2N3OS/c1-18-33-24-11-6-13-29(27(24)36-18)17-32-16-21(29)28(35)34-14-12-20(26-22(30)9-5-10-23(26)31)15-25(34)19-7-3-2-4-8-19/h5,9-10,18-21,25,32-33H,2-4,6-8,11-17H2,1H3/t18?,20-,21+,25+,29-/m1/s1. The van der Waals surface area contributed by atoms with Gasteiger partial charge in [-0.3, -0.25) is 4.79 Å². The van der Waals surface area contributed by atoms with Gasteiger partial charge in [-0.2, -0.15) is 0 Å². The Morgan fingerprint density at radius 2 is 1.89 bits per heavy atom. The van der Waals surface area contributed by atoms with Crippen LogP contribution in [0.25, 0.3) is 0 Å². The number of rotatable bonds is 3. The minimum absolute atomic E-state index is 0.0600. The summed E-state index contributed by atoms with van der Waals surface area (Å²) in [7, 11) is 0. The zero-order chi connectivity index (χ0) is 24.9. The van der Waals surface area contributed by atoms with Crippen molar-refractivity contribution in [3.8, 4) is 0 Å². The van der Waals surface area contributed by atoms with Crippen LogP contribution in [-0.4, -0.2) is 41.9 Å². The van der Waals surface area contributed by atoms with E-state index in [0.717, 1.165) is 45.2 Å². The average Bonchev–Trinajstić information content (AvgIpc) is 3.48. The van der Waals surface area contributed by atoms with Gasteiger partial charge in [0.2, 0.25) is 5.91 Å². The van der Waals surface area contributed by atoms with Crippen molar-refractivity contribution in [1.29, 1.82) is 0 Å². The number of nitrogens with one attached hydrogen (secondary N) is 2. The molecule has 196 valence electrons. The van der Waals surface area contributed by atoms with Crippen molar-refractivity contribution < 1.29 is 13.6 Å². The third-order valence-electron chi connectivity index (χ3n) is 9.73. The molecule has 2 aliphatic carbocycles. The van der Waals surface area contributed by atoms with Gasteiger partial charge in [0.25, 0.3) is 0 Å². The van der Waals surface area contributed by atoms with Crippen molar-refractivity contribution in [2.24, 2.45) is 17.3 Å². The Bertz CT molecular complexity index is 1020. The summed E-state index contributed by atoms with van der Waals surface area (Å²) in [5, 5.41) is 7.63. The molecule has 7 heteroatoms. The molecule has 1 saturated carbocycles. The number of carbonyl (C=O) groups excluding carboxylic acids is 1. The van der Waals surface area contributed by atoms with E-state index in [1.165, 1.54) is 48.1 Å². The number of fused-ring (bicyclic) bond motifs is 1. The first-order valence-electron chi connectivity index (χ1n) is 14.1. The molecule has 2 N–H and O–H groups in total. The fourth-order valence-corrected chi connectivity index (χ4v) is 9.48. The van der Waals surface area contributed by atoms with Crippen LogP contribution in [0, 0.1) is 28.9 Å². The maximum absolute atomic E-state index is 14.8. The molecule has 1 aromatic carbocycles. The van der Waals surface area contributed by atoms with E-state index in [9.17, 15) is 13.6 Å². The average molecular weight is 516 g/mol. The smallest absolute Gasteiger partial charge is 0.228 e. The molecule has 5 atom stereocenters. The molecule has 1 spiro atoms. The first-order chi connectivity index (χ1) is 17.5. The number of allylic oxidation sites excluding steroid dienone is 1. The summed E-state index contributed by atoms with van der Waals surface area (Å²) in [6, 6.07) is 4.27. The van der Waals surface area contributed by atoms with E-state index in [1.54, 1.807) is 0 Å². The lowest BCUT2D eigenvalue weighted by Gasteiger charge is -2.48. The lowest BCUT2D eigenvalue weighted by atomic mass is 9.69. The number of likely N-dealkylation sites (tertiary alicyclic amines) is 1. The Kier molecular flexibility index (Phi) is 6.82. The molecule has 0 aromatic heterocycles. The number of nitrogens with zero attached hydrogens (tertiary/aromatic N) is 1. The van der Waals surface area contributed by atoms with Crippen molar-refractivity contribution in [3.63, 3.8) is 0 Å². The molecule has 1 amide bonds. The van der Waals surface area contributed by atoms with Crippen molar-refractivity contribution in [1.82, 2.24) is 15.5 Å². The quantitative estimate of drug-likeness (QED) is 0.526. The number of carbonyl (C=O) groups is 1. The van der Waals surface area contributed by atoms with Gasteiger partial charge in [-0.1, -0.05) is 25.3 Å². The van der Waals surface area contributed by atoms with E-state index in [2.05, 4.69) is 22.5 Å². The fraction of sp³-hybridized carbons (Fsp3) is 0.690. The third-order valence-corrected chi connectivity index (χ3v) is 11.1. The minimum atomic E-state index is -0.442. The molecule has 0 bridgehead atoms. The van der Waals surface area contributed by atoms with E-state index in [-0.39, 0.29) is 34.8 Å². The van der Waals surface area contributed by atoms with Crippen LogP contribution in [0.2, 0.25) is 0 Å². The van der Waals surface area contributed by atoms with Crippen molar-refractivity contribution in [2.75, 3.05) is 19.6 Å². The maximum atomic E-state index is 14.8. The minimum Gasteiger partial charge on any atom is -0.376 e. The first kappa shape index (κ1) is 24.7. The predicted octanol–water partition coefficient (Wildman–Crippen LogP) is 5.90. The summed E-state index contributed by atoms with van der Waals surface area (Å²) in [5.74, 6) is -0.413. The van der Waals surface area contributed by atoms with Crippen molar-refractivity contribution >= 4 is 17.7 Å². The van der Waals surface area contributed by atoms with Gasteiger partial charge in [0.15, 0.2) is 0 Å². The number of benzene rings is 1. The highest BCUT2D eigenvalue weighted by molar-refractivity contribution is 8.03. The number of thioether (sulfide) groups is 1. The monoisotopic (exact) mass is 515 g/mol. The van der Waals surface area contributed by atoms with Gasteiger partial charge in [-0.05, 0) is 75.8 Å². The summed E-state index contributed by atoms with van der Waals surface area (Å²) >= 11 is 1.92. The first-order valence-corrected chi connectivity index (χ1v) is 15.0. The highest BCUT2D eigenvalue weighted by Crippen LogP contribution is 2.56. The van der Waals surface area contributed by atoms with Gasteiger partial charge < -0.3 is 15.5 Å². The molecule has 1 unspecified atom stereocenters. The van der Waals surface area contributed by atoms with Crippen LogP contribution in [-0.2, 0) is 4.79 Å². The summed E-state index contributed by atoms with van der Waals surface area (Å²) in [6.45, 7) is 4.40. The molecule has 1 aromatic rings. The van der Waals surface area contributed by atoms with Gasteiger partial charge in [0.05, 0.1) is 11.3 Å². The van der Waals surface area contributed by atoms with E-state index in [0.29, 0.717) is 30.7 Å². The van der Waals surface area contributed by atoms with Crippen molar-refractivity contribution in [2.45, 2.75) is 88.5 Å². The molecular weight excluding hydrogens is 476 g/mol. The normalized spacial score (nSPS) is 35.2. The van der Waals surface area contributed by atoms with Gasteiger partial charge in [0, 0.05) is 47.3 Å². The van der Waals surface area contributed by atoms with E-state index in [4.69, 9.17) is 0 Å². The van der Waals surface area contributed by atoms with E-state index in [1.807, 2.05) is 11.8 Å². The number of hydrogen-bond donors (Lipinski definition) is 2. The lowest BCUT2D eigenvalue weighted by molar-refractivity contribution is -0.143. The van der Waals surface area contributed by atoms with Crippen LogP contribution in [0.1, 0.15) is 82.6 Å². The molecule has 2 saturated heterocycles. The van der Waals surface area contributed by atoms with Crippen molar-refractivity contribution in [3.05, 3.63) is 46.0 Å². The summed E-state index contributed by atoms with van der Waals surface area (Å²) in [4.78, 5) is 18.1. The van der Waals surface area contributed by atoms with E-state index >= 15 is 0 Å². The SMILES string of the molecule is CC1NC2=C(S1)[C@]1(CCC2)CNC[C@H]1C(=O)N1CC[C@@H](c2c(F)cccc2F)C[C@H]1C1CCCCC1. The maximum Gasteiger partial charge on any atom is 0.228 e. The Morgan fingerprint density at radius 3 is 2.67 bits per heavy atom. The second-order valence-corrected chi connectivity index (χ2v) is 13.1. The molecule has 5 aliphatic rings. The molecule has 0 radical (unpaired) electrons. The zero-order valence-corrected chi connectivity index (χ0v) is 22.1. The molecular formula is C29H39F2N3OS. The summed E-state index contributed by atoms with van der Waals surface area (Å²) in [5.41, 5.74) is 1.48. The van der Waals surface area contributed by atoms with Gasteiger partial charge in [0.1, 0.15) is 11.6 Å². The van der Waals surface area contributed by atoms with Crippen LogP contribution >= 0.6 is 11.8 Å². The van der Waals surface area contributed by atoms with Crippen LogP contribution in [0.5, 0.6) is 0 Å². The van der Waals surface area contributed by atoms with Gasteiger partial charge in [-0.25, -0.2) is 8.78 Å². The zero-order valence-electron chi connectivity index (χ0n) is 21.3. The van der Waals surface area contributed by atoms with Crippen LogP contribution in [0.4, 0.5) is 8.78 Å². The molecule has 36 heavy (non-hydrogen) atoms. The summed E-state index contributed by atoms with van der Waals surface area (Å²) < 4.78 is 29.5. The Morgan fingerprint density at radius 1 is 1.11 bits per heavy atom. The number of amides is 1. The largest absolute Gasteiger partial charge is 0.376 e. The predicted molar refractivity (Wildman–Crippen MR) is 140 cm³/mol. The highest BCUT2D eigenvalue weighted by Gasteiger charge is 2.55. The van der Waals surface area contributed by atoms with Gasteiger partial charge in [-0.15, -0.1) is 11.8 Å². The van der Waals surface area contributed by atoms with Gasteiger partial charge >= 0.3 is 0 Å². The molecule has 3 aliphatic heterocycles. The van der Waals surface area contributed by atoms with E-state index < -0.39 is 11.6 Å². The third kappa shape index (κ3) is 4.18. The summed E-state index contributed by atoms with van der Waals surface area (Å²) in [6.07, 6.45) is 10.4. The lowest BCUT2D eigenvalue weighted by Crippen LogP contribution is -2.54. The van der Waals surface area contributed by atoms with Crippen LogP contribution in [0.15, 0.2) is 28.8 Å². The Balaban J connectivity index is 1.30. The molecule has 3 fully saturated rings.